The first-order valence-electron chi connectivity index (χ1n) is 7.38. The number of anilines is 1. The second-order valence-electron chi connectivity index (χ2n) is 5.68. The van der Waals surface area contributed by atoms with Gasteiger partial charge in [0.2, 0.25) is 5.91 Å². The molecule has 0 bridgehead atoms. The molecule has 1 unspecified atom stereocenters. The van der Waals surface area contributed by atoms with E-state index in [1.807, 2.05) is 56.6 Å². The van der Waals surface area contributed by atoms with Crippen LogP contribution in [0.5, 0.6) is 5.75 Å². The monoisotopic (exact) mass is 301 g/mol. The van der Waals surface area contributed by atoms with E-state index in [0.717, 1.165) is 17.0 Å². The Kier molecular flexibility index (Phi) is 4.85. The molecule has 2 rings (SSSR count). The molecule has 1 aromatic carbocycles. The van der Waals surface area contributed by atoms with Crippen LogP contribution in [0.4, 0.5) is 5.69 Å². The number of nitrogens with one attached hydrogen (secondary N) is 1. The first-order chi connectivity index (χ1) is 10.4. The van der Waals surface area contributed by atoms with Crippen molar-refractivity contribution < 1.29 is 9.53 Å². The summed E-state index contributed by atoms with van der Waals surface area (Å²) in [5, 5.41) is 7.35. The van der Waals surface area contributed by atoms with Gasteiger partial charge >= 0.3 is 0 Å². The SMILES string of the molecule is COc1ccc(C)cc1NC(=O)CC(C)n1nc(C)cc1C. The minimum atomic E-state index is -0.0519. The van der Waals surface area contributed by atoms with Crippen LogP contribution < -0.4 is 10.1 Å². The van der Waals surface area contributed by atoms with E-state index in [0.29, 0.717) is 17.9 Å². The van der Waals surface area contributed by atoms with Crippen molar-refractivity contribution in [2.75, 3.05) is 12.4 Å². The number of carbonyl (C=O) groups is 1. The molecular formula is C17H23N3O2. The number of methoxy groups -OCH3 is 1. The first kappa shape index (κ1) is 16.1. The molecule has 1 heterocycles. The number of aryl methyl sites for hydroxylation is 3. The van der Waals surface area contributed by atoms with Crippen molar-refractivity contribution >= 4 is 11.6 Å². The van der Waals surface area contributed by atoms with E-state index in [1.54, 1.807) is 7.11 Å². The summed E-state index contributed by atoms with van der Waals surface area (Å²) in [5.74, 6) is 0.613. The highest BCUT2D eigenvalue weighted by Crippen LogP contribution is 2.26. The second-order valence-corrected chi connectivity index (χ2v) is 5.68. The molecule has 0 aliphatic rings. The Morgan fingerprint density at radius 3 is 2.64 bits per heavy atom. The summed E-state index contributed by atoms with van der Waals surface area (Å²) >= 11 is 0. The predicted molar refractivity (Wildman–Crippen MR) is 87.4 cm³/mol. The van der Waals surface area contributed by atoms with E-state index in [-0.39, 0.29) is 11.9 Å². The number of carbonyl (C=O) groups excluding carboxylic acids is 1. The molecule has 0 fully saturated rings. The maximum absolute atomic E-state index is 12.3. The maximum atomic E-state index is 12.3. The minimum Gasteiger partial charge on any atom is -0.495 e. The molecule has 0 spiro atoms. The summed E-state index contributed by atoms with van der Waals surface area (Å²) in [6, 6.07) is 7.73. The normalized spacial score (nSPS) is 12.0. The lowest BCUT2D eigenvalue weighted by molar-refractivity contribution is -0.116. The van der Waals surface area contributed by atoms with Crippen LogP contribution in [0.25, 0.3) is 0 Å². The molecule has 0 aliphatic heterocycles. The number of rotatable bonds is 5. The third-order valence-electron chi connectivity index (χ3n) is 3.57. The van der Waals surface area contributed by atoms with Gasteiger partial charge in [-0.3, -0.25) is 9.48 Å². The smallest absolute Gasteiger partial charge is 0.226 e. The molecule has 5 nitrogen and oxygen atoms in total. The number of hydrogen-bond acceptors (Lipinski definition) is 3. The molecule has 22 heavy (non-hydrogen) atoms. The van der Waals surface area contributed by atoms with Gasteiger partial charge < -0.3 is 10.1 Å². The zero-order chi connectivity index (χ0) is 16.3. The van der Waals surface area contributed by atoms with Crippen molar-refractivity contribution in [1.82, 2.24) is 9.78 Å². The van der Waals surface area contributed by atoms with Crippen molar-refractivity contribution in [1.29, 1.82) is 0 Å². The molecule has 1 N–H and O–H groups in total. The highest BCUT2D eigenvalue weighted by atomic mass is 16.5. The number of aromatic nitrogens is 2. The fourth-order valence-corrected chi connectivity index (χ4v) is 2.57. The van der Waals surface area contributed by atoms with Gasteiger partial charge in [-0.15, -0.1) is 0 Å². The summed E-state index contributed by atoms with van der Waals surface area (Å²) < 4.78 is 7.17. The number of nitrogens with zero attached hydrogens (tertiary/aromatic N) is 2. The molecule has 1 amide bonds. The lowest BCUT2D eigenvalue weighted by atomic mass is 10.2. The third-order valence-corrected chi connectivity index (χ3v) is 3.57. The molecule has 2 aromatic rings. The van der Waals surface area contributed by atoms with Gasteiger partial charge in [0.15, 0.2) is 0 Å². The van der Waals surface area contributed by atoms with Crippen LogP contribution in [0.1, 0.15) is 36.3 Å². The number of hydrogen-bond donors (Lipinski definition) is 1. The summed E-state index contributed by atoms with van der Waals surface area (Å²) in [6.07, 6.45) is 0.360. The Hall–Kier alpha value is -2.30. The van der Waals surface area contributed by atoms with Crippen molar-refractivity contribution in [3.8, 4) is 5.75 Å². The quantitative estimate of drug-likeness (QED) is 0.920. The fourth-order valence-electron chi connectivity index (χ4n) is 2.57. The fraction of sp³-hybridized carbons (Fsp3) is 0.412. The van der Waals surface area contributed by atoms with Gasteiger partial charge in [0.25, 0.3) is 0 Å². The first-order valence-corrected chi connectivity index (χ1v) is 7.38. The Bertz CT molecular complexity index is 677. The van der Waals surface area contributed by atoms with Crippen LogP contribution in [0.3, 0.4) is 0 Å². The van der Waals surface area contributed by atoms with E-state index in [4.69, 9.17) is 4.74 Å². The van der Waals surface area contributed by atoms with E-state index in [1.165, 1.54) is 0 Å². The summed E-state index contributed by atoms with van der Waals surface area (Å²) in [5.41, 5.74) is 3.80. The second kappa shape index (κ2) is 6.64. The molecule has 0 saturated carbocycles. The number of amides is 1. The van der Waals surface area contributed by atoms with Gasteiger partial charge in [0.1, 0.15) is 5.75 Å². The summed E-state index contributed by atoms with van der Waals surface area (Å²) in [6.45, 7) is 7.92. The zero-order valence-corrected chi connectivity index (χ0v) is 13.8. The molecule has 118 valence electrons. The topological polar surface area (TPSA) is 56.1 Å². The van der Waals surface area contributed by atoms with Crippen LogP contribution in [0, 0.1) is 20.8 Å². The van der Waals surface area contributed by atoms with E-state index < -0.39 is 0 Å². The van der Waals surface area contributed by atoms with E-state index in [2.05, 4.69) is 10.4 Å². The Morgan fingerprint density at radius 2 is 2.05 bits per heavy atom. The van der Waals surface area contributed by atoms with Crippen LogP contribution in [-0.4, -0.2) is 22.8 Å². The molecule has 5 heteroatoms. The Labute approximate surface area is 131 Å². The molecular weight excluding hydrogens is 278 g/mol. The molecule has 1 atom stereocenters. The van der Waals surface area contributed by atoms with Gasteiger partial charge in [-0.05, 0) is 51.5 Å². The summed E-state index contributed by atoms with van der Waals surface area (Å²) in [4.78, 5) is 12.3. The average Bonchev–Trinajstić information content (AvgIpc) is 2.78. The molecule has 0 saturated heterocycles. The minimum absolute atomic E-state index is 0.00417. The van der Waals surface area contributed by atoms with Gasteiger partial charge in [0.05, 0.1) is 24.5 Å². The van der Waals surface area contributed by atoms with Gasteiger partial charge in [-0.1, -0.05) is 6.07 Å². The lowest BCUT2D eigenvalue weighted by Gasteiger charge is -2.15. The maximum Gasteiger partial charge on any atom is 0.226 e. The number of benzene rings is 1. The van der Waals surface area contributed by atoms with Gasteiger partial charge in [-0.2, -0.15) is 5.10 Å². The van der Waals surface area contributed by atoms with Crippen LogP contribution in [-0.2, 0) is 4.79 Å². The Morgan fingerprint density at radius 1 is 1.32 bits per heavy atom. The van der Waals surface area contributed by atoms with E-state index in [9.17, 15) is 4.79 Å². The third kappa shape index (κ3) is 3.67. The predicted octanol–water partition coefficient (Wildman–Crippen LogP) is 3.41. The largest absolute Gasteiger partial charge is 0.495 e. The average molecular weight is 301 g/mol. The van der Waals surface area contributed by atoms with Crippen LogP contribution in [0.2, 0.25) is 0 Å². The molecule has 1 aromatic heterocycles. The van der Waals surface area contributed by atoms with Crippen molar-refractivity contribution in [3.63, 3.8) is 0 Å². The Balaban J connectivity index is 2.07. The molecule has 0 radical (unpaired) electrons. The van der Waals surface area contributed by atoms with Crippen molar-refractivity contribution in [2.45, 2.75) is 40.2 Å². The highest BCUT2D eigenvalue weighted by molar-refractivity contribution is 5.92. The highest BCUT2D eigenvalue weighted by Gasteiger charge is 2.15. The zero-order valence-electron chi connectivity index (χ0n) is 13.8. The number of ether oxygens (including phenoxy) is 1. The lowest BCUT2D eigenvalue weighted by Crippen LogP contribution is -2.19. The van der Waals surface area contributed by atoms with Gasteiger partial charge in [-0.25, -0.2) is 0 Å². The van der Waals surface area contributed by atoms with E-state index >= 15 is 0 Å². The van der Waals surface area contributed by atoms with Crippen LogP contribution >= 0.6 is 0 Å². The van der Waals surface area contributed by atoms with Crippen molar-refractivity contribution in [2.24, 2.45) is 0 Å². The summed E-state index contributed by atoms with van der Waals surface area (Å²) in [7, 11) is 1.60. The van der Waals surface area contributed by atoms with Crippen LogP contribution in [0.15, 0.2) is 24.3 Å². The van der Waals surface area contributed by atoms with Crippen molar-refractivity contribution in [3.05, 3.63) is 41.2 Å². The molecule has 0 aliphatic carbocycles. The van der Waals surface area contributed by atoms with Gasteiger partial charge in [0, 0.05) is 12.1 Å². The standard InChI is InChI=1S/C17H23N3O2/c1-11-6-7-16(22-5)15(8-11)18-17(21)10-14(4)20-13(3)9-12(2)19-20/h6-9,14H,10H2,1-5H3,(H,18,21).